The number of nitrogens with two attached hydrogens (primary N) is 1. The molecule has 1 aliphatic carbocycles. The van der Waals surface area contributed by atoms with Crippen molar-refractivity contribution in [2.45, 2.75) is 43.5 Å². The van der Waals surface area contributed by atoms with Gasteiger partial charge in [0.15, 0.2) is 0 Å². The van der Waals surface area contributed by atoms with Crippen molar-refractivity contribution in [1.29, 1.82) is 0 Å². The lowest BCUT2D eigenvalue weighted by Crippen LogP contribution is -2.41. The first kappa shape index (κ1) is 15.0. The maximum absolute atomic E-state index is 12.1. The zero-order chi connectivity index (χ0) is 14.8. The molecule has 2 atom stereocenters. The van der Waals surface area contributed by atoms with Crippen LogP contribution >= 0.6 is 0 Å². The second kappa shape index (κ2) is 5.93. The molecule has 0 radical (unpaired) electrons. The predicted molar refractivity (Wildman–Crippen MR) is 76.7 cm³/mol. The van der Waals surface area contributed by atoms with E-state index in [0.29, 0.717) is 11.5 Å². The Morgan fingerprint density at radius 1 is 1.20 bits per heavy atom. The lowest BCUT2D eigenvalue weighted by Gasteiger charge is -2.29. The fourth-order valence-corrected chi connectivity index (χ4v) is 3.09. The predicted octanol–water partition coefficient (Wildman–Crippen LogP) is 1.64. The van der Waals surface area contributed by atoms with Crippen molar-refractivity contribution < 1.29 is 13.2 Å². The van der Waals surface area contributed by atoms with Gasteiger partial charge in [0.1, 0.15) is 0 Å². The van der Waals surface area contributed by atoms with Crippen LogP contribution in [0.2, 0.25) is 0 Å². The summed E-state index contributed by atoms with van der Waals surface area (Å²) in [6.07, 6.45) is 4.49. The highest BCUT2D eigenvalue weighted by Crippen LogP contribution is 2.24. The Kier molecular flexibility index (Phi) is 4.45. The lowest BCUT2D eigenvalue weighted by molar-refractivity contribution is 0.0910. The summed E-state index contributed by atoms with van der Waals surface area (Å²) in [4.78, 5) is 12.1. The summed E-state index contributed by atoms with van der Waals surface area (Å²) in [7, 11) is -3.71. The summed E-state index contributed by atoms with van der Waals surface area (Å²) in [6.45, 7) is 2.15. The highest BCUT2D eigenvalue weighted by atomic mass is 32.2. The van der Waals surface area contributed by atoms with Gasteiger partial charge in [-0.3, -0.25) is 4.79 Å². The Hall–Kier alpha value is -1.40. The van der Waals surface area contributed by atoms with Crippen molar-refractivity contribution in [2.75, 3.05) is 0 Å². The Morgan fingerprint density at radius 3 is 2.35 bits per heavy atom. The number of carbonyl (C=O) groups excluding carboxylic acids is 1. The molecule has 6 heteroatoms. The number of nitrogens with one attached hydrogen (secondary N) is 1. The van der Waals surface area contributed by atoms with E-state index >= 15 is 0 Å². The third-order valence-corrected chi connectivity index (χ3v) is 4.80. The van der Waals surface area contributed by atoms with E-state index in [1.54, 1.807) is 0 Å². The van der Waals surface area contributed by atoms with E-state index in [2.05, 4.69) is 12.2 Å². The molecule has 1 fully saturated rings. The van der Waals surface area contributed by atoms with Gasteiger partial charge in [-0.15, -0.1) is 0 Å². The first-order valence-corrected chi connectivity index (χ1v) is 8.36. The Labute approximate surface area is 119 Å². The third kappa shape index (κ3) is 3.58. The molecule has 0 aliphatic heterocycles. The SMILES string of the molecule is CC1CCCCC1NC(=O)c1ccc(S(N)(=O)=O)cc1. The van der Waals surface area contributed by atoms with Crippen LogP contribution in [0.1, 0.15) is 43.0 Å². The van der Waals surface area contributed by atoms with Crippen LogP contribution in [0, 0.1) is 5.92 Å². The van der Waals surface area contributed by atoms with Crippen molar-refractivity contribution >= 4 is 15.9 Å². The number of rotatable bonds is 3. The zero-order valence-corrected chi connectivity index (χ0v) is 12.3. The highest BCUT2D eigenvalue weighted by Gasteiger charge is 2.23. The molecule has 0 bridgehead atoms. The smallest absolute Gasteiger partial charge is 0.251 e. The summed E-state index contributed by atoms with van der Waals surface area (Å²) in [5, 5.41) is 8.05. The van der Waals surface area contributed by atoms with E-state index in [9.17, 15) is 13.2 Å². The van der Waals surface area contributed by atoms with E-state index in [-0.39, 0.29) is 16.8 Å². The molecule has 1 aromatic rings. The van der Waals surface area contributed by atoms with E-state index < -0.39 is 10.0 Å². The number of sulfonamides is 1. The molecule has 0 spiro atoms. The fourth-order valence-electron chi connectivity index (χ4n) is 2.58. The van der Waals surface area contributed by atoms with Crippen LogP contribution in [0.4, 0.5) is 0 Å². The average molecular weight is 296 g/mol. The van der Waals surface area contributed by atoms with Gasteiger partial charge in [0.05, 0.1) is 4.90 Å². The molecular weight excluding hydrogens is 276 g/mol. The zero-order valence-electron chi connectivity index (χ0n) is 11.5. The Morgan fingerprint density at radius 2 is 1.80 bits per heavy atom. The molecule has 1 amide bonds. The quantitative estimate of drug-likeness (QED) is 0.888. The molecular formula is C14H20N2O3S. The monoisotopic (exact) mass is 296 g/mol. The van der Waals surface area contributed by atoms with Gasteiger partial charge in [0, 0.05) is 11.6 Å². The van der Waals surface area contributed by atoms with Gasteiger partial charge in [-0.25, -0.2) is 13.6 Å². The van der Waals surface area contributed by atoms with Gasteiger partial charge < -0.3 is 5.32 Å². The average Bonchev–Trinajstić information content (AvgIpc) is 2.40. The van der Waals surface area contributed by atoms with Crippen molar-refractivity contribution in [3.05, 3.63) is 29.8 Å². The van der Waals surface area contributed by atoms with Crippen LogP contribution in [0.25, 0.3) is 0 Å². The van der Waals surface area contributed by atoms with Crippen molar-refractivity contribution in [3.8, 4) is 0 Å². The third-order valence-electron chi connectivity index (χ3n) is 3.87. The Balaban J connectivity index is 2.06. The minimum absolute atomic E-state index is 0.0140. The van der Waals surface area contributed by atoms with Gasteiger partial charge in [0.25, 0.3) is 5.91 Å². The second-order valence-electron chi connectivity index (χ2n) is 5.41. The van der Waals surface area contributed by atoms with Gasteiger partial charge in [-0.2, -0.15) is 0 Å². The molecule has 1 saturated carbocycles. The summed E-state index contributed by atoms with van der Waals surface area (Å²) in [5.74, 6) is 0.320. The summed E-state index contributed by atoms with van der Waals surface area (Å²) >= 11 is 0. The molecule has 0 heterocycles. The van der Waals surface area contributed by atoms with E-state index in [1.807, 2.05) is 0 Å². The van der Waals surface area contributed by atoms with Gasteiger partial charge in [-0.1, -0.05) is 19.8 Å². The molecule has 0 saturated heterocycles. The maximum atomic E-state index is 12.1. The largest absolute Gasteiger partial charge is 0.349 e. The van der Waals surface area contributed by atoms with Gasteiger partial charge >= 0.3 is 0 Å². The number of hydrogen-bond donors (Lipinski definition) is 2. The number of carbonyl (C=O) groups is 1. The van der Waals surface area contributed by atoms with Crippen LogP contribution in [-0.4, -0.2) is 20.4 Å². The van der Waals surface area contributed by atoms with Crippen molar-refractivity contribution in [3.63, 3.8) is 0 Å². The molecule has 3 N–H and O–H groups in total. The highest BCUT2D eigenvalue weighted by molar-refractivity contribution is 7.89. The molecule has 0 aromatic heterocycles. The minimum atomic E-state index is -3.71. The lowest BCUT2D eigenvalue weighted by atomic mass is 9.86. The topological polar surface area (TPSA) is 89.3 Å². The maximum Gasteiger partial charge on any atom is 0.251 e. The molecule has 2 rings (SSSR count). The number of primary sulfonamides is 1. The Bertz CT molecular complexity index is 581. The van der Waals surface area contributed by atoms with Crippen molar-refractivity contribution in [1.82, 2.24) is 5.32 Å². The summed E-state index contributed by atoms with van der Waals surface area (Å²) in [6, 6.07) is 5.89. The van der Waals surface area contributed by atoms with E-state index in [0.717, 1.165) is 19.3 Å². The second-order valence-corrected chi connectivity index (χ2v) is 6.97. The first-order valence-electron chi connectivity index (χ1n) is 6.81. The number of amides is 1. The summed E-state index contributed by atoms with van der Waals surface area (Å²) < 4.78 is 22.3. The summed E-state index contributed by atoms with van der Waals surface area (Å²) in [5.41, 5.74) is 0.454. The normalized spacial score (nSPS) is 23.3. The van der Waals surface area contributed by atoms with Crippen molar-refractivity contribution in [2.24, 2.45) is 11.1 Å². The first-order chi connectivity index (χ1) is 9.38. The molecule has 2 unspecified atom stereocenters. The molecule has 20 heavy (non-hydrogen) atoms. The van der Waals surface area contributed by atoms with Gasteiger partial charge in [0.2, 0.25) is 10.0 Å². The van der Waals surface area contributed by atoms with Gasteiger partial charge in [-0.05, 0) is 43.0 Å². The number of hydrogen-bond acceptors (Lipinski definition) is 3. The number of benzene rings is 1. The van der Waals surface area contributed by atoms with Crippen LogP contribution < -0.4 is 10.5 Å². The fraction of sp³-hybridized carbons (Fsp3) is 0.500. The molecule has 110 valence electrons. The van der Waals surface area contributed by atoms with E-state index in [1.165, 1.54) is 30.7 Å². The molecule has 1 aliphatic rings. The standard InChI is InChI=1S/C14H20N2O3S/c1-10-4-2-3-5-13(10)16-14(17)11-6-8-12(9-7-11)20(15,18)19/h6-10,13H,2-5H2,1H3,(H,16,17)(H2,15,18,19). The van der Waals surface area contributed by atoms with Crippen LogP contribution in [0.3, 0.4) is 0 Å². The molecule has 5 nitrogen and oxygen atoms in total. The van der Waals surface area contributed by atoms with Crippen LogP contribution in [-0.2, 0) is 10.0 Å². The van der Waals surface area contributed by atoms with Crippen LogP contribution in [0.5, 0.6) is 0 Å². The van der Waals surface area contributed by atoms with Crippen LogP contribution in [0.15, 0.2) is 29.2 Å². The van der Waals surface area contributed by atoms with E-state index in [4.69, 9.17) is 5.14 Å². The molecule has 1 aromatic carbocycles. The minimum Gasteiger partial charge on any atom is -0.349 e.